The highest BCUT2D eigenvalue weighted by Gasteiger charge is 2.20. The summed E-state index contributed by atoms with van der Waals surface area (Å²) in [6.07, 6.45) is 0.711. The maximum absolute atomic E-state index is 11.3. The number of rotatable bonds is 2. The molecule has 102 valence electrons. The predicted molar refractivity (Wildman–Crippen MR) is 66.8 cm³/mol. The van der Waals surface area contributed by atoms with Crippen molar-refractivity contribution in [2.45, 2.75) is 46.6 Å². The van der Waals surface area contributed by atoms with Crippen LogP contribution >= 0.6 is 0 Å². The molecule has 0 bridgehead atoms. The molecule has 0 atom stereocenters. The molecule has 0 aromatic rings. The molecule has 0 aromatic carbocycles. The fourth-order valence-corrected chi connectivity index (χ4v) is 0.663. The number of ether oxygens (including phenoxy) is 2. The molecule has 0 aromatic heterocycles. The van der Waals surface area contributed by atoms with Crippen molar-refractivity contribution in [2.75, 3.05) is 20.7 Å². The zero-order valence-electron chi connectivity index (χ0n) is 12.0. The Morgan fingerprint density at radius 1 is 1.18 bits per heavy atom. The molecule has 0 saturated heterocycles. The molecule has 0 aliphatic carbocycles. The topological polar surface area (TPSA) is 55.8 Å². The minimum Gasteiger partial charge on any atom is -0.468 e. The van der Waals surface area contributed by atoms with Gasteiger partial charge in [0.05, 0.1) is 7.11 Å². The molecule has 0 rings (SSSR count). The van der Waals surface area contributed by atoms with Crippen molar-refractivity contribution < 1.29 is 19.1 Å². The monoisotopic (exact) mass is 247 g/mol. The Morgan fingerprint density at radius 2 is 1.59 bits per heavy atom. The molecule has 0 aliphatic heterocycles. The highest BCUT2D eigenvalue weighted by molar-refractivity contribution is 5.77. The molecule has 1 amide bonds. The van der Waals surface area contributed by atoms with Gasteiger partial charge in [-0.15, -0.1) is 0 Å². The van der Waals surface area contributed by atoms with Gasteiger partial charge in [-0.1, -0.05) is 20.3 Å². The second-order valence-electron chi connectivity index (χ2n) is 4.62. The van der Waals surface area contributed by atoms with E-state index < -0.39 is 17.7 Å². The average molecular weight is 247 g/mol. The third kappa shape index (κ3) is 12.7. The van der Waals surface area contributed by atoms with E-state index in [0.717, 1.165) is 4.90 Å². The highest BCUT2D eigenvalue weighted by Crippen LogP contribution is 2.08. The number of esters is 1. The summed E-state index contributed by atoms with van der Waals surface area (Å²) in [5.41, 5.74) is -0.554. The number of carbonyl (C=O) groups is 2. The number of methoxy groups -OCH3 is 1. The average Bonchev–Trinajstić information content (AvgIpc) is 2.16. The summed E-state index contributed by atoms with van der Waals surface area (Å²) in [5, 5.41) is 0. The smallest absolute Gasteiger partial charge is 0.410 e. The first kappa shape index (κ1) is 18.1. The van der Waals surface area contributed by atoms with E-state index in [4.69, 9.17) is 4.74 Å². The van der Waals surface area contributed by atoms with Crippen molar-refractivity contribution in [3.63, 3.8) is 0 Å². The first-order valence-corrected chi connectivity index (χ1v) is 5.68. The van der Waals surface area contributed by atoms with E-state index in [0.29, 0.717) is 0 Å². The Bertz CT molecular complexity index is 233. The summed E-state index contributed by atoms with van der Waals surface area (Å²) in [7, 11) is 2.75. The van der Waals surface area contributed by atoms with Crippen LogP contribution in [0.25, 0.3) is 0 Å². The lowest BCUT2D eigenvalue weighted by atomic mass is 10.2. The minimum absolute atomic E-state index is 0.106. The van der Waals surface area contributed by atoms with Gasteiger partial charge < -0.3 is 14.4 Å². The van der Waals surface area contributed by atoms with Crippen LogP contribution in [-0.4, -0.2) is 43.3 Å². The van der Waals surface area contributed by atoms with E-state index in [2.05, 4.69) is 18.6 Å². The second-order valence-corrected chi connectivity index (χ2v) is 4.62. The summed E-state index contributed by atoms with van der Waals surface area (Å²) >= 11 is 0. The van der Waals surface area contributed by atoms with Crippen LogP contribution in [0.5, 0.6) is 0 Å². The van der Waals surface area contributed by atoms with Gasteiger partial charge in [-0.25, -0.2) is 4.79 Å². The molecule has 0 spiro atoms. The van der Waals surface area contributed by atoms with Gasteiger partial charge in [-0.2, -0.15) is 0 Å². The Kier molecular flexibility index (Phi) is 9.42. The first-order valence-electron chi connectivity index (χ1n) is 5.68. The number of likely N-dealkylation sites (N-methyl/N-ethyl adjacent to an activating group) is 1. The fraction of sp³-hybridized carbons (Fsp3) is 0.833. The largest absolute Gasteiger partial charge is 0.468 e. The lowest BCUT2D eigenvalue weighted by Crippen LogP contribution is -2.37. The molecule has 0 heterocycles. The molecule has 0 radical (unpaired) electrons. The lowest BCUT2D eigenvalue weighted by Gasteiger charge is -2.23. The van der Waals surface area contributed by atoms with Crippen molar-refractivity contribution in [3.8, 4) is 0 Å². The van der Waals surface area contributed by atoms with Crippen LogP contribution in [0.3, 0.4) is 0 Å². The van der Waals surface area contributed by atoms with E-state index in [1.54, 1.807) is 20.8 Å². The van der Waals surface area contributed by atoms with Crippen molar-refractivity contribution >= 4 is 12.1 Å². The molecule has 17 heavy (non-hydrogen) atoms. The number of hydrogen-bond acceptors (Lipinski definition) is 4. The quantitative estimate of drug-likeness (QED) is 0.703. The van der Waals surface area contributed by atoms with E-state index >= 15 is 0 Å². The zero-order chi connectivity index (χ0) is 14.1. The van der Waals surface area contributed by atoms with Crippen LogP contribution in [0, 0.1) is 0 Å². The van der Waals surface area contributed by atoms with Crippen LogP contribution in [0.15, 0.2) is 0 Å². The minimum atomic E-state index is -0.554. The number of carbonyl (C=O) groups excluding carboxylic acids is 2. The molecule has 0 aliphatic rings. The standard InChI is InChI=1S/C9H17NO4.C3H8/c1-9(2,3)14-8(12)10(4)6-7(11)13-5;1-3-2/h6H2,1-5H3;3H2,1-2H3. The van der Waals surface area contributed by atoms with E-state index in [-0.39, 0.29) is 6.54 Å². The maximum atomic E-state index is 11.3. The SMILES string of the molecule is CCC.COC(=O)CN(C)C(=O)OC(C)(C)C. The van der Waals surface area contributed by atoms with E-state index in [9.17, 15) is 9.59 Å². The first-order chi connectivity index (χ1) is 7.67. The van der Waals surface area contributed by atoms with Gasteiger partial charge in [-0.3, -0.25) is 4.79 Å². The van der Waals surface area contributed by atoms with Crippen LogP contribution in [0.4, 0.5) is 4.79 Å². The summed E-state index contributed by atoms with van der Waals surface area (Å²) in [6.45, 7) is 9.43. The molecule has 0 N–H and O–H groups in total. The molecule has 5 nitrogen and oxygen atoms in total. The zero-order valence-corrected chi connectivity index (χ0v) is 12.0. The van der Waals surface area contributed by atoms with Gasteiger partial charge >= 0.3 is 12.1 Å². The molecular weight excluding hydrogens is 222 g/mol. The lowest BCUT2D eigenvalue weighted by molar-refractivity contribution is -0.141. The summed E-state index contributed by atoms with van der Waals surface area (Å²) in [5.74, 6) is -0.474. The van der Waals surface area contributed by atoms with Crippen molar-refractivity contribution in [1.29, 1.82) is 0 Å². The van der Waals surface area contributed by atoms with Gasteiger partial charge in [0.25, 0.3) is 0 Å². The molecule has 0 saturated carbocycles. The Morgan fingerprint density at radius 3 is 1.88 bits per heavy atom. The number of amides is 1. The van der Waals surface area contributed by atoms with Crippen LogP contribution < -0.4 is 0 Å². The Balaban J connectivity index is 0. The fourth-order valence-electron chi connectivity index (χ4n) is 0.663. The van der Waals surface area contributed by atoms with Gasteiger partial charge in [0.2, 0.25) is 0 Å². The van der Waals surface area contributed by atoms with Gasteiger partial charge in [0.1, 0.15) is 12.1 Å². The van der Waals surface area contributed by atoms with Crippen molar-refractivity contribution in [2.24, 2.45) is 0 Å². The van der Waals surface area contributed by atoms with Gasteiger partial charge in [-0.05, 0) is 20.8 Å². The molecule has 5 heteroatoms. The third-order valence-corrected chi connectivity index (χ3v) is 1.30. The second kappa shape index (κ2) is 8.84. The van der Waals surface area contributed by atoms with E-state index in [1.807, 2.05) is 0 Å². The summed E-state index contributed by atoms with van der Waals surface area (Å²) in [6, 6.07) is 0. The Labute approximate surface area is 104 Å². The van der Waals surface area contributed by atoms with Crippen LogP contribution in [0.1, 0.15) is 41.0 Å². The van der Waals surface area contributed by atoms with Crippen molar-refractivity contribution in [1.82, 2.24) is 4.90 Å². The summed E-state index contributed by atoms with van der Waals surface area (Å²) in [4.78, 5) is 23.3. The summed E-state index contributed by atoms with van der Waals surface area (Å²) < 4.78 is 9.44. The normalized spacial score (nSPS) is 9.82. The van der Waals surface area contributed by atoms with Gasteiger partial charge in [0, 0.05) is 7.05 Å². The molecule has 0 fully saturated rings. The molecular formula is C12H25NO4. The number of hydrogen-bond donors (Lipinski definition) is 0. The van der Waals surface area contributed by atoms with Crippen LogP contribution in [-0.2, 0) is 14.3 Å². The van der Waals surface area contributed by atoms with Crippen LogP contribution in [0.2, 0.25) is 0 Å². The van der Waals surface area contributed by atoms with E-state index in [1.165, 1.54) is 20.6 Å². The third-order valence-electron chi connectivity index (χ3n) is 1.30. The number of nitrogens with zero attached hydrogens (tertiary/aromatic N) is 1. The van der Waals surface area contributed by atoms with Gasteiger partial charge in [0.15, 0.2) is 0 Å². The maximum Gasteiger partial charge on any atom is 0.410 e. The Hall–Kier alpha value is -1.26. The predicted octanol–water partition coefficient (Wildman–Crippen LogP) is 2.44. The van der Waals surface area contributed by atoms with Crippen molar-refractivity contribution in [3.05, 3.63) is 0 Å². The molecule has 0 unspecified atom stereocenters. The highest BCUT2D eigenvalue weighted by atomic mass is 16.6.